The van der Waals surface area contributed by atoms with Crippen LogP contribution in [0.5, 0.6) is 0 Å². The van der Waals surface area contributed by atoms with Crippen LogP contribution in [-0.4, -0.2) is 73.2 Å². The van der Waals surface area contributed by atoms with Crippen molar-refractivity contribution < 1.29 is 26.7 Å². The molecule has 0 bridgehead atoms. The van der Waals surface area contributed by atoms with Crippen LogP contribution in [-0.2, 0) is 15.6 Å². The summed E-state index contributed by atoms with van der Waals surface area (Å²) >= 11 is 1.18. The highest BCUT2D eigenvalue weighted by atomic mass is 32.2. The van der Waals surface area contributed by atoms with Gasteiger partial charge in [-0.05, 0) is 63.8 Å². The van der Waals surface area contributed by atoms with Crippen LogP contribution in [0.4, 0.5) is 18.9 Å². The number of hydrogen-bond donors (Lipinski definition) is 1. The average Bonchev–Trinajstić information content (AvgIpc) is 3.32. The molecule has 0 spiro atoms. The number of halogens is 3. The van der Waals surface area contributed by atoms with E-state index in [4.69, 9.17) is 0 Å². The van der Waals surface area contributed by atoms with E-state index in [1.165, 1.54) is 27.8 Å². The fourth-order valence-corrected chi connectivity index (χ4v) is 7.09. The Morgan fingerprint density at radius 3 is 2.17 bits per heavy atom. The number of hydrogen-bond acceptors (Lipinski definition) is 6. The topological polar surface area (TPSA) is 64.1 Å². The Bertz CT molecular complexity index is 1060. The molecule has 0 radical (unpaired) electrons. The van der Waals surface area contributed by atoms with Gasteiger partial charge in [-0.15, -0.1) is 11.3 Å². The van der Waals surface area contributed by atoms with Crippen molar-refractivity contribution >= 4 is 27.0 Å². The molecule has 1 N–H and O–H groups in total. The number of rotatable bonds is 8. The third kappa shape index (κ3) is 5.85. The lowest BCUT2D eigenvalue weighted by atomic mass is 9.95. The van der Waals surface area contributed by atoms with Crippen LogP contribution in [0.15, 0.2) is 46.0 Å². The van der Waals surface area contributed by atoms with Gasteiger partial charge in [-0.1, -0.05) is 18.2 Å². The lowest BCUT2D eigenvalue weighted by Gasteiger charge is -2.45. The zero-order chi connectivity index (χ0) is 26.2. The normalized spacial score (nSPS) is 20.1. The Balaban J connectivity index is 1.92. The second-order valence-electron chi connectivity index (χ2n) is 9.64. The van der Waals surface area contributed by atoms with E-state index < -0.39 is 21.8 Å². The molecule has 2 atom stereocenters. The molecule has 2 aromatic rings. The Hall–Kier alpha value is -1.66. The van der Waals surface area contributed by atoms with Crippen LogP contribution >= 0.6 is 11.3 Å². The van der Waals surface area contributed by atoms with Gasteiger partial charge >= 0.3 is 6.18 Å². The minimum atomic E-state index is -4.80. The van der Waals surface area contributed by atoms with Crippen molar-refractivity contribution in [3.63, 3.8) is 0 Å². The number of anilines is 1. The predicted molar refractivity (Wildman–Crippen MR) is 133 cm³/mol. The standard InChI is InChI=1S/C24H34F3N3O3S2/c1-17(2)30(18(3)4)16-21-15-28(35(32,33)22-7-6-14-34-22)12-13-29(21)20-10-8-19(9-11-20)23(5,31)24(25,26)27/h6-11,14,17-18,21,31H,12-13,15-16H2,1-5H3/t21-,23-/m1/s1. The summed E-state index contributed by atoms with van der Waals surface area (Å²) in [5, 5.41) is 11.7. The second-order valence-corrected chi connectivity index (χ2v) is 12.8. The summed E-state index contributed by atoms with van der Waals surface area (Å²) in [6.45, 7) is 10.6. The quantitative estimate of drug-likeness (QED) is 0.541. The third-order valence-electron chi connectivity index (χ3n) is 6.60. The van der Waals surface area contributed by atoms with Crippen LogP contribution < -0.4 is 4.90 Å². The van der Waals surface area contributed by atoms with Crippen LogP contribution in [0, 0.1) is 0 Å². The minimum absolute atomic E-state index is 0.211. The van der Waals surface area contributed by atoms with Gasteiger partial charge in [-0.2, -0.15) is 17.5 Å². The first-order valence-electron chi connectivity index (χ1n) is 11.6. The highest BCUT2D eigenvalue weighted by molar-refractivity contribution is 7.91. The summed E-state index contributed by atoms with van der Waals surface area (Å²) < 4.78 is 68.0. The van der Waals surface area contributed by atoms with E-state index in [1.807, 2.05) is 0 Å². The molecule has 1 aliphatic rings. The molecule has 1 aromatic carbocycles. The average molecular weight is 534 g/mol. The van der Waals surface area contributed by atoms with E-state index in [0.717, 1.165) is 6.92 Å². The number of thiophene rings is 1. The van der Waals surface area contributed by atoms with Crippen LogP contribution in [0.25, 0.3) is 0 Å². The van der Waals surface area contributed by atoms with E-state index in [2.05, 4.69) is 37.5 Å². The van der Waals surface area contributed by atoms with Crippen molar-refractivity contribution in [3.05, 3.63) is 47.3 Å². The van der Waals surface area contributed by atoms with E-state index in [-0.39, 0.29) is 36.8 Å². The van der Waals surface area contributed by atoms with Crippen molar-refractivity contribution in [1.82, 2.24) is 9.21 Å². The minimum Gasteiger partial charge on any atom is -0.376 e. The largest absolute Gasteiger partial charge is 0.421 e. The highest BCUT2D eigenvalue weighted by Crippen LogP contribution is 2.39. The van der Waals surface area contributed by atoms with Gasteiger partial charge in [0.25, 0.3) is 10.0 Å². The fourth-order valence-electron chi connectivity index (χ4n) is 4.48. The first-order chi connectivity index (χ1) is 16.2. The predicted octanol–water partition coefficient (Wildman–Crippen LogP) is 4.52. The Labute approximate surface area is 210 Å². The van der Waals surface area contributed by atoms with E-state index >= 15 is 0 Å². The van der Waals surface area contributed by atoms with Crippen LogP contribution in [0.3, 0.4) is 0 Å². The smallest absolute Gasteiger partial charge is 0.376 e. The maximum absolute atomic E-state index is 13.3. The zero-order valence-corrected chi connectivity index (χ0v) is 22.3. The third-order valence-corrected chi connectivity index (χ3v) is 9.83. The van der Waals surface area contributed by atoms with Crippen molar-refractivity contribution in [2.24, 2.45) is 0 Å². The number of piperazine rings is 1. The van der Waals surface area contributed by atoms with E-state index in [1.54, 1.807) is 29.6 Å². The Kier molecular flexibility index (Phi) is 8.27. The molecule has 196 valence electrons. The van der Waals surface area contributed by atoms with E-state index in [0.29, 0.717) is 23.0 Å². The zero-order valence-electron chi connectivity index (χ0n) is 20.7. The van der Waals surface area contributed by atoms with Gasteiger partial charge in [0.15, 0.2) is 5.60 Å². The maximum Gasteiger partial charge on any atom is 0.421 e. The number of benzene rings is 1. The van der Waals surface area contributed by atoms with Gasteiger partial charge in [0, 0.05) is 44.0 Å². The van der Waals surface area contributed by atoms with Crippen molar-refractivity contribution in [2.75, 3.05) is 31.1 Å². The molecule has 0 aliphatic carbocycles. The van der Waals surface area contributed by atoms with Crippen LogP contribution in [0.1, 0.15) is 40.2 Å². The molecule has 0 amide bonds. The molecule has 0 saturated carbocycles. The van der Waals surface area contributed by atoms with Crippen molar-refractivity contribution in [2.45, 2.75) is 68.7 Å². The first-order valence-corrected chi connectivity index (χ1v) is 13.9. The van der Waals surface area contributed by atoms with Crippen molar-refractivity contribution in [1.29, 1.82) is 0 Å². The molecular formula is C24H34F3N3O3S2. The number of aliphatic hydroxyl groups is 1. The van der Waals surface area contributed by atoms with Crippen molar-refractivity contribution in [3.8, 4) is 0 Å². The summed E-state index contributed by atoms with van der Waals surface area (Å²) in [6.07, 6.45) is -4.80. The molecule has 1 aliphatic heterocycles. The molecule has 1 aromatic heterocycles. The molecule has 0 unspecified atom stereocenters. The van der Waals surface area contributed by atoms with Gasteiger partial charge in [0.05, 0.1) is 6.04 Å². The van der Waals surface area contributed by atoms with Gasteiger partial charge in [-0.3, -0.25) is 4.90 Å². The SMILES string of the molecule is CC(C)N(C[C@H]1CN(S(=O)(=O)c2cccs2)CCN1c1ccc([C@@](C)(O)C(F)(F)F)cc1)C(C)C. The lowest BCUT2D eigenvalue weighted by molar-refractivity contribution is -0.258. The summed E-state index contributed by atoms with van der Waals surface area (Å²) in [6, 6.07) is 9.27. The number of nitrogens with zero attached hydrogens (tertiary/aromatic N) is 3. The molecular weight excluding hydrogens is 499 g/mol. The molecule has 3 rings (SSSR count). The molecule has 35 heavy (non-hydrogen) atoms. The molecule has 2 heterocycles. The molecule has 6 nitrogen and oxygen atoms in total. The maximum atomic E-state index is 13.3. The van der Waals surface area contributed by atoms with Crippen LogP contribution in [0.2, 0.25) is 0 Å². The Morgan fingerprint density at radius 2 is 1.69 bits per heavy atom. The first kappa shape index (κ1) is 27.9. The number of alkyl halides is 3. The number of sulfonamides is 1. The van der Waals surface area contributed by atoms with Gasteiger partial charge in [-0.25, -0.2) is 8.42 Å². The van der Waals surface area contributed by atoms with Gasteiger partial charge < -0.3 is 10.0 Å². The molecule has 11 heteroatoms. The second kappa shape index (κ2) is 10.4. The lowest BCUT2D eigenvalue weighted by Crippen LogP contribution is -2.59. The van der Waals surface area contributed by atoms with E-state index in [9.17, 15) is 26.7 Å². The summed E-state index contributed by atoms with van der Waals surface area (Å²) in [5.74, 6) is 0. The fraction of sp³-hybridized carbons (Fsp3) is 0.583. The summed E-state index contributed by atoms with van der Waals surface area (Å²) in [4.78, 5) is 4.34. The molecule has 1 saturated heterocycles. The summed E-state index contributed by atoms with van der Waals surface area (Å²) in [5.41, 5.74) is -2.50. The summed E-state index contributed by atoms with van der Waals surface area (Å²) in [7, 11) is -3.63. The van der Waals surface area contributed by atoms with Gasteiger partial charge in [0.2, 0.25) is 0 Å². The Morgan fingerprint density at radius 1 is 1.09 bits per heavy atom. The monoisotopic (exact) mass is 533 g/mol. The highest BCUT2D eigenvalue weighted by Gasteiger charge is 2.51. The van der Waals surface area contributed by atoms with Gasteiger partial charge in [0.1, 0.15) is 4.21 Å². The molecule has 1 fully saturated rings.